The molecule has 110 valence electrons. The first-order chi connectivity index (χ1) is 9.49. The van der Waals surface area contributed by atoms with Crippen LogP contribution in [0.4, 0.5) is 4.39 Å². The molecule has 1 aromatic carbocycles. The number of amidine groups is 1. The number of hydrogen-bond donors (Lipinski definition) is 2. The van der Waals surface area contributed by atoms with Gasteiger partial charge in [-0.15, -0.1) is 0 Å². The molecule has 2 rings (SSSR count). The number of nitrogens with one attached hydrogen (secondary N) is 1. The molecule has 0 aromatic heterocycles. The van der Waals surface area contributed by atoms with Crippen LogP contribution in [0, 0.1) is 11.2 Å². The van der Waals surface area contributed by atoms with Crippen LogP contribution in [0.25, 0.3) is 0 Å². The van der Waals surface area contributed by atoms with Crippen LogP contribution in [0.3, 0.4) is 0 Å². The van der Waals surface area contributed by atoms with Gasteiger partial charge in [0.05, 0.1) is 5.56 Å². The molecule has 0 amide bonds. The number of nitrogens with zero attached hydrogens (tertiary/aromatic N) is 2. The van der Waals surface area contributed by atoms with Gasteiger partial charge in [0.25, 0.3) is 0 Å². The Kier molecular flexibility index (Phi) is 4.73. The maximum absolute atomic E-state index is 14.2. The molecule has 3 N–H and O–H groups in total. The number of halogens is 1. The van der Waals surface area contributed by atoms with Crippen molar-refractivity contribution >= 4 is 5.84 Å². The number of nitrogens with two attached hydrogens (primary N) is 1. The molecule has 1 aliphatic heterocycles. The molecule has 0 aliphatic carbocycles. The van der Waals surface area contributed by atoms with E-state index in [1.54, 1.807) is 18.2 Å². The molecule has 0 unspecified atom stereocenters. The van der Waals surface area contributed by atoms with Crippen LogP contribution in [0.5, 0.6) is 0 Å². The SMILES string of the molecule is CN(C)C1CCN(Cc2cccc(C(=N)N)c2F)CC1. The van der Waals surface area contributed by atoms with Crippen molar-refractivity contribution < 1.29 is 4.39 Å². The lowest BCUT2D eigenvalue weighted by Gasteiger charge is -2.35. The molecule has 4 nitrogen and oxygen atoms in total. The van der Waals surface area contributed by atoms with Crippen LogP contribution in [0.2, 0.25) is 0 Å². The molecule has 1 saturated heterocycles. The smallest absolute Gasteiger partial charge is 0.138 e. The monoisotopic (exact) mass is 278 g/mol. The Morgan fingerprint density at radius 3 is 2.60 bits per heavy atom. The van der Waals surface area contributed by atoms with Gasteiger partial charge in [-0.3, -0.25) is 10.3 Å². The van der Waals surface area contributed by atoms with Gasteiger partial charge >= 0.3 is 0 Å². The lowest BCUT2D eigenvalue weighted by molar-refractivity contribution is 0.139. The summed E-state index contributed by atoms with van der Waals surface area (Å²) in [7, 11) is 4.21. The van der Waals surface area contributed by atoms with Crippen LogP contribution in [0.15, 0.2) is 18.2 Å². The molecule has 0 radical (unpaired) electrons. The van der Waals surface area contributed by atoms with Gasteiger partial charge in [0, 0.05) is 18.2 Å². The van der Waals surface area contributed by atoms with Crippen molar-refractivity contribution in [2.45, 2.75) is 25.4 Å². The first-order valence-corrected chi connectivity index (χ1v) is 6.99. The topological polar surface area (TPSA) is 56.4 Å². The molecule has 0 atom stereocenters. The van der Waals surface area contributed by atoms with Gasteiger partial charge in [0.2, 0.25) is 0 Å². The molecule has 0 spiro atoms. The van der Waals surface area contributed by atoms with Gasteiger partial charge < -0.3 is 10.6 Å². The Morgan fingerprint density at radius 1 is 1.40 bits per heavy atom. The fourth-order valence-corrected chi connectivity index (χ4v) is 2.74. The summed E-state index contributed by atoms with van der Waals surface area (Å²) in [4.78, 5) is 4.52. The molecule has 0 saturated carbocycles. The number of nitrogen functional groups attached to an aromatic ring is 1. The summed E-state index contributed by atoms with van der Waals surface area (Å²) in [5.74, 6) is -0.564. The van der Waals surface area contributed by atoms with Gasteiger partial charge in [0.1, 0.15) is 11.7 Å². The van der Waals surface area contributed by atoms with E-state index in [1.165, 1.54) is 0 Å². The zero-order valence-corrected chi connectivity index (χ0v) is 12.2. The van der Waals surface area contributed by atoms with Crippen LogP contribution in [-0.4, -0.2) is 48.9 Å². The molecular weight excluding hydrogens is 255 g/mol. The lowest BCUT2D eigenvalue weighted by Crippen LogP contribution is -2.41. The molecule has 5 heteroatoms. The summed E-state index contributed by atoms with van der Waals surface area (Å²) >= 11 is 0. The number of likely N-dealkylation sites (tertiary alicyclic amines) is 1. The molecule has 1 fully saturated rings. The summed E-state index contributed by atoms with van der Waals surface area (Å²) in [5.41, 5.74) is 6.22. The highest BCUT2D eigenvalue weighted by atomic mass is 19.1. The number of benzene rings is 1. The lowest BCUT2D eigenvalue weighted by atomic mass is 10.0. The molecule has 1 aliphatic rings. The molecular formula is C15H23FN4. The maximum atomic E-state index is 14.2. The van der Waals surface area contributed by atoms with E-state index in [1.807, 2.05) is 0 Å². The minimum Gasteiger partial charge on any atom is -0.384 e. The van der Waals surface area contributed by atoms with Gasteiger partial charge in [-0.05, 0) is 46.1 Å². The third-order valence-electron chi connectivity index (χ3n) is 4.05. The highest BCUT2D eigenvalue weighted by Gasteiger charge is 2.21. The average Bonchev–Trinajstić information content (AvgIpc) is 2.41. The van der Waals surface area contributed by atoms with E-state index >= 15 is 0 Å². The second-order valence-corrected chi connectivity index (χ2v) is 5.66. The van der Waals surface area contributed by atoms with E-state index in [4.69, 9.17) is 11.1 Å². The maximum Gasteiger partial charge on any atom is 0.138 e. The third-order valence-corrected chi connectivity index (χ3v) is 4.05. The Labute approximate surface area is 119 Å². The van der Waals surface area contributed by atoms with E-state index < -0.39 is 0 Å². The van der Waals surface area contributed by atoms with Crippen LogP contribution in [0.1, 0.15) is 24.0 Å². The highest BCUT2D eigenvalue weighted by Crippen LogP contribution is 2.19. The Morgan fingerprint density at radius 2 is 2.05 bits per heavy atom. The van der Waals surface area contributed by atoms with E-state index in [0.717, 1.165) is 25.9 Å². The minimum atomic E-state index is -0.352. The van der Waals surface area contributed by atoms with Crippen molar-refractivity contribution in [2.75, 3.05) is 27.2 Å². The second-order valence-electron chi connectivity index (χ2n) is 5.66. The summed E-state index contributed by atoms with van der Waals surface area (Å²) in [6.07, 6.45) is 2.22. The van der Waals surface area contributed by atoms with E-state index in [-0.39, 0.29) is 17.2 Å². The van der Waals surface area contributed by atoms with Crippen LogP contribution < -0.4 is 5.73 Å². The molecule has 20 heavy (non-hydrogen) atoms. The van der Waals surface area contributed by atoms with Gasteiger partial charge in [-0.2, -0.15) is 0 Å². The molecule has 1 heterocycles. The van der Waals surface area contributed by atoms with Crippen molar-refractivity contribution in [3.63, 3.8) is 0 Å². The number of piperidine rings is 1. The van der Waals surface area contributed by atoms with E-state index in [9.17, 15) is 4.39 Å². The zero-order valence-electron chi connectivity index (χ0n) is 12.2. The van der Waals surface area contributed by atoms with Crippen molar-refractivity contribution in [3.8, 4) is 0 Å². The summed E-state index contributed by atoms with van der Waals surface area (Å²) in [5, 5.41) is 7.38. The van der Waals surface area contributed by atoms with Gasteiger partial charge in [-0.1, -0.05) is 12.1 Å². The molecule has 1 aromatic rings. The first-order valence-electron chi connectivity index (χ1n) is 6.99. The zero-order chi connectivity index (χ0) is 14.7. The Hall–Kier alpha value is -1.46. The largest absolute Gasteiger partial charge is 0.384 e. The van der Waals surface area contributed by atoms with E-state index in [2.05, 4.69) is 23.9 Å². The van der Waals surface area contributed by atoms with Crippen molar-refractivity contribution in [3.05, 3.63) is 35.1 Å². The fraction of sp³-hybridized carbons (Fsp3) is 0.533. The van der Waals surface area contributed by atoms with Crippen molar-refractivity contribution in [1.29, 1.82) is 5.41 Å². The first kappa shape index (κ1) is 14.9. The minimum absolute atomic E-state index is 0.200. The predicted octanol–water partition coefficient (Wildman–Crippen LogP) is 1.64. The van der Waals surface area contributed by atoms with Crippen molar-refractivity contribution in [2.24, 2.45) is 5.73 Å². The normalized spacial score (nSPS) is 17.6. The second kappa shape index (κ2) is 6.33. The van der Waals surface area contributed by atoms with Crippen molar-refractivity contribution in [1.82, 2.24) is 9.80 Å². The van der Waals surface area contributed by atoms with Crippen LogP contribution >= 0.6 is 0 Å². The van der Waals surface area contributed by atoms with Gasteiger partial charge in [-0.25, -0.2) is 4.39 Å². The van der Waals surface area contributed by atoms with E-state index in [0.29, 0.717) is 18.2 Å². The standard InChI is InChI=1S/C15H23FN4/c1-19(2)12-6-8-20(9-7-12)10-11-4-3-5-13(14(11)16)15(17)18/h3-5,12H,6-10H2,1-2H3,(H3,17,18). The summed E-state index contributed by atoms with van der Waals surface area (Å²) in [6.45, 7) is 2.55. The Bertz CT molecular complexity index is 479. The fourth-order valence-electron chi connectivity index (χ4n) is 2.74. The Balaban J connectivity index is 2.01. The number of rotatable bonds is 4. The predicted molar refractivity (Wildman–Crippen MR) is 79.4 cm³/mol. The summed E-state index contributed by atoms with van der Waals surface area (Å²) in [6, 6.07) is 5.72. The summed E-state index contributed by atoms with van der Waals surface area (Å²) < 4.78 is 14.2. The highest BCUT2D eigenvalue weighted by molar-refractivity contribution is 5.95. The third kappa shape index (κ3) is 3.35. The van der Waals surface area contributed by atoms with Gasteiger partial charge in [0.15, 0.2) is 0 Å². The average molecular weight is 278 g/mol. The number of hydrogen-bond acceptors (Lipinski definition) is 3. The van der Waals surface area contributed by atoms with Crippen LogP contribution in [-0.2, 0) is 6.54 Å². The molecule has 0 bridgehead atoms. The quantitative estimate of drug-likeness (QED) is 0.650.